The third kappa shape index (κ3) is 5.18. The lowest BCUT2D eigenvalue weighted by molar-refractivity contribution is -0.0426. The van der Waals surface area contributed by atoms with Crippen LogP contribution in [0.2, 0.25) is 0 Å². The third-order valence-electron chi connectivity index (χ3n) is 3.04. The van der Waals surface area contributed by atoms with Gasteiger partial charge in [0.2, 0.25) is 0 Å². The predicted octanol–water partition coefficient (Wildman–Crippen LogP) is -2.02. The van der Waals surface area contributed by atoms with E-state index < -0.39 is 51.8 Å². The molecule has 1 aliphatic heterocycles. The van der Waals surface area contributed by atoms with Crippen molar-refractivity contribution in [2.75, 3.05) is 6.61 Å². The van der Waals surface area contributed by atoms with Crippen molar-refractivity contribution < 1.29 is 38.2 Å². The summed E-state index contributed by atoms with van der Waals surface area (Å²) in [6.07, 6.45) is -2.17. The summed E-state index contributed by atoms with van der Waals surface area (Å²) in [5.41, 5.74) is -1.38. The molecule has 24 heavy (non-hydrogen) atoms. The molecule has 0 spiro atoms. The Kier molecular flexibility index (Phi) is 5.60. The highest BCUT2D eigenvalue weighted by Gasteiger charge is 2.38. The van der Waals surface area contributed by atoms with Crippen molar-refractivity contribution in [3.63, 3.8) is 0 Å². The van der Waals surface area contributed by atoms with Gasteiger partial charge in [-0.15, -0.1) is 4.86 Å². The molecule has 0 amide bonds. The van der Waals surface area contributed by atoms with Crippen molar-refractivity contribution in [3.8, 4) is 0 Å². The zero-order valence-corrected chi connectivity index (χ0v) is 13.7. The molecule has 13 nitrogen and oxygen atoms in total. The first-order valence-electron chi connectivity index (χ1n) is 6.44. The molecule has 1 unspecified atom stereocenters. The van der Waals surface area contributed by atoms with Gasteiger partial charge in [0.25, 0.3) is 5.56 Å². The number of nitrogens with one attached hydrogen (secondary N) is 2. The molecule has 2 rings (SSSR count). The molecule has 1 aromatic heterocycles. The smallest absolute Gasteiger partial charge is 0.390 e. The second-order valence-electron chi connectivity index (χ2n) is 4.91. The molecule has 0 saturated carbocycles. The van der Waals surface area contributed by atoms with Gasteiger partial charge in [-0.3, -0.25) is 18.9 Å². The zero-order valence-electron chi connectivity index (χ0n) is 11.9. The van der Waals surface area contributed by atoms with Crippen LogP contribution in [0.15, 0.2) is 21.9 Å². The zero-order chi connectivity index (χ0) is 18.1. The molecule has 2 heterocycles. The Morgan fingerprint density at radius 2 is 2.04 bits per heavy atom. The predicted molar refractivity (Wildman–Crippen MR) is 76.8 cm³/mol. The maximum Gasteiger partial charge on any atom is 0.412 e. The van der Waals surface area contributed by atoms with Crippen LogP contribution in [0.5, 0.6) is 0 Å². The number of aliphatic hydroxyl groups is 1. The van der Waals surface area contributed by atoms with E-state index in [-0.39, 0.29) is 6.42 Å². The molecular weight excluding hydrogens is 372 g/mol. The first kappa shape index (κ1) is 19.2. The van der Waals surface area contributed by atoms with Crippen LogP contribution in [0.4, 0.5) is 0 Å². The second kappa shape index (κ2) is 7.00. The molecule has 1 aliphatic rings. The molecule has 4 atom stereocenters. The lowest BCUT2D eigenvalue weighted by atomic mass is 10.2. The van der Waals surface area contributed by atoms with Gasteiger partial charge in [0, 0.05) is 18.7 Å². The molecule has 1 fully saturated rings. The average Bonchev–Trinajstić information content (AvgIpc) is 2.75. The van der Waals surface area contributed by atoms with E-state index >= 15 is 0 Å². The number of rotatable bonds is 6. The lowest BCUT2D eigenvalue weighted by Crippen LogP contribution is -2.31. The summed E-state index contributed by atoms with van der Waals surface area (Å²) in [7, 11) is -9.83. The first-order valence-corrected chi connectivity index (χ1v) is 9.63. The molecule has 0 radical (unpaired) electrons. The van der Waals surface area contributed by atoms with Gasteiger partial charge in [-0.2, -0.15) is 0 Å². The highest BCUT2D eigenvalue weighted by Crippen LogP contribution is 2.48. The molecule has 0 aliphatic carbocycles. The van der Waals surface area contributed by atoms with Crippen LogP contribution in [0.3, 0.4) is 0 Å². The Hall–Kier alpha value is -1.14. The number of ether oxygens (including phenoxy) is 1. The van der Waals surface area contributed by atoms with E-state index in [0.717, 1.165) is 21.7 Å². The Labute approximate surface area is 133 Å². The monoisotopic (exact) mass is 387 g/mol. The number of hydrogen-bond donors (Lipinski definition) is 6. The van der Waals surface area contributed by atoms with Crippen LogP contribution in [-0.4, -0.2) is 48.2 Å². The van der Waals surface area contributed by atoms with Gasteiger partial charge < -0.3 is 24.5 Å². The van der Waals surface area contributed by atoms with Crippen molar-refractivity contribution >= 4 is 15.5 Å². The minimum absolute atomic E-state index is 0.0678. The number of nitrogens with zero attached hydrogens (tertiary/aromatic N) is 1. The van der Waals surface area contributed by atoms with E-state index in [1.165, 1.54) is 0 Å². The fraction of sp³-hybridized carbons (Fsp3) is 0.556. The summed E-state index contributed by atoms with van der Waals surface area (Å²) in [5, 5.41) is 9.86. The summed E-state index contributed by atoms with van der Waals surface area (Å²) < 4.78 is 32.9. The van der Waals surface area contributed by atoms with Crippen molar-refractivity contribution in [1.82, 2.24) is 14.4 Å². The highest BCUT2D eigenvalue weighted by molar-refractivity contribution is 7.66. The topological polar surface area (TPSA) is 200 Å². The van der Waals surface area contributed by atoms with Gasteiger partial charge in [0.05, 0.1) is 12.7 Å². The molecule has 1 aromatic rings. The maximum atomic E-state index is 11.6. The van der Waals surface area contributed by atoms with Crippen molar-refractivity contribution in [3.05, 3.63) is 33.1 Å². The van der Waals surface area contributed by atoms with Crippen LogP contribution in [-0.2, 0) is 18.4 Å². The van der Waals surface area contributed by atoms with Gasteiger partial charge >= 0.3 is 21.2 Å². The molecule has 0 aromatic carbocycles. The van der Waals surface area contributed by atoms with Crippen LogP contribution in [0.1, 0.15) is 12.6 Å². The minimum atomic E-state index is -5.01. The Morgan fingerprint density at radius 3 is 2.62 bits per heavy atom. The standard InChI is InChI=1S/C9H15N3O10P2/c13-5-3-8(12-2-1-7(14)10-9(12)15)22-6(5)4-21-24(19,20)11-23(16,17)18/h1-2,5-6,8,13H,3-4H2,(H,10,14,15)(H4,11,16,17,18,19,20)/t5-,6+,8+/m0/s1. The summed E-state index contributed by atoms with van der Waals surface area (Å²) >= 11 is 0. The number of aromatic nitrogens is 2. The van der Waals surface area contributed by atoms with Crippen molar-refractivity contribution in [2.24, 2.45) is 0 Å². The van der Waals surface area contributed by atoms with Gasteiger partial charge in [0.15, 0.2) is 0 Å². The summed E-state index contributed by atoms with van der Waals surface area (Å²) in [5.74, 6) is 0. The van der Waals surface area contributed by atoms with Crippen LogP contribution >= 0.6 is 15.5 Å². The highest BCUT2D eigenvalue weighted by atomic mass is 31.3. The van der Waals surface area contributed by atoms with E-state index in [1.54, 1.807) is 0 Å². The Bertz CT molecular complexity index is 799. The second-order valence-corrected chi connectivity index (χ2v) is 8.10. The average molecular weight is 387 g/mol. The van der Waals surface area contributed by atoms with E-state index in [2.05, 4.69) is 4.52 Å². The fourth-order valence-electron chi connectivity index (χ4n) is 2.06. The molecule has 0 bridgehead atoms. The van der Waals surface area contributed by atoms with Gasteiger partial charge in [-0.05, 0) is 0 Å². The largest absolute Gasteiger partial charge is 0.412 e. The minimum Gasteiger partial charge on any atom is -0.390 e. The Balaban J connectivity index is 2.01. The normalized spacial score (nSPS) is 27.1. The van der Waals surface area contributed by atoms with Gasteiger partial charge in [-0.25, -0.2) is 13.9 Å². The summed E-state index contributed by atoms with van der Waals surface area (Å²) in [6.45, 7) is -0.670. The van der Waals surface area contributed by atoms with E-state index in [0.29, 0.717) is 0 Å². The number of hydrogen-bond acceptors (Lipinski definition) is 7. The van der Waals surface area contributed by atoms with Crippen LogP contribution < -0.4 is 16.1 Å². The van der Waals surface area contributed by atoms with E-state index in [9.17, 15) is 28.7 Å². The molecule has 15 heteroatoms. The van der Waals surface area contributed by atoms with Crippen LogP contribution in [0, 0.1) is 0 Å². The first-order chi connectivity index (χ1) is 11.0. The van der Waals surface area contributed by atoms with Crippen molar-refractivity contribution in [2.45, 2.75) is 24.9 Å². The summed E-state index contributed by atoms with van der Waals surface area (Å²) in [6, 6.07) is 1.08. The quantitative estimate of drug-likeness (QED) is 0.294. The maximum absolute atomic E-state index is 11.6. The molecule has 6 N–H and O–H groups in total. The number of H-pyrrole nitrogens is 1. The van der Waals surface area contributed by atoms with Gasteiger partial charge in [0.1, 0.15) is 12.3 Å². The van der Waals surface area contributed by atoms with E-state index in [1.807, 2.05) is 4.98 Å². The number of aromatic amines is 1. The van der Waals surface area contributed by atoms with Crippen molar-refractivity contribution in [1.29, 1.82) is 0 Å². The molecule has 1 saturated heterocycles. The molecule has 136 valence electrons. The fourth-order valence-corrected chi connectivity index (χ4v) is 3.95. The lowest BCUT2D eigenvalue weighted by Gasteiger charge is -2.18. The van der Waals surface area contributed by atoms with Crippen LogP contribution in [0.25, 0.3) is 0 Å². The third-order valence-corrected chi connectivity index (χ3v) is 5.59. The molecular formula is C9H15N3O10P2. The summed E-state index contributed by atoms with van der Waals surface area (Å²) in [4.78, 5) is 52.2. The van der Waals surface area contributed by atoms with E-state index in [4.69, 9.17) is 14.5 Å². The SMILES string of the molecule is O=c1ccn([C@H]2C[C@H](O)[C@@H](COP(=O)(O)NP(=O)(O)O)O2)c(=O)[nH]1. The Morgan fingerprint density at radius 1 is 1.38 bits per heavy atom. The number of aliphatic hydroxyl groups excluding tert-OH is 1. The van der Waals surface area contributed by atoms with Gasteiger partial charge in [-0.1, -0.05) is 0 Å².